The number of benzene rings is 2. The lowest BCUT2D eigenvalue weighted by Gasteiger charge is -2.25. The van der Waals surface area contributed by atoms with Gasteiger partial charge in [0.05, 0.1) is 17.5 Å². The van der Waals surface area contributed by atoms with E-state index < -0.39 is 5.92 Å². The monoisotopic (exact) mass is 428 g/mol. The number of pyridine rings is 1. The van der Waals surface area contributed by atoms with Crippen LogP contribution in [-0.4, -0.2) is 34.2 Å². The largest absolute Gasteiger partial charge is 0.335 e. The Morgan fingerprint density at radius 1 is 0.969 bits per heavy atom. The van der Waals surface area contributed by atoms with Gasteiger partial charge in [-0.2, -0.15) is 0 Å². The molecule has 3 aromatic rings. The van der Waals surface area contributed by atoms with Gasteiger partial charge in [0, 0.05) is 36.7 Å². The summed E-state index contributed by atoms with van der Waals surface area (Å²) in [6, 6.07) is 20.0. The first-order valence-corrected chi connectivity index (χ1v) is 10.5. The number of amides is 3. The van der Waals surface area contributed by atoms with E-state index in [1.807, 2.05) is 37.3 Å². The van der Waals surface area contributed by atoms with Crippen LogP contribution < -0.4 is 10.6 Å². The molecule has 0 saturated carbocycles. The van der Waals surface area contributed by atoms with Crippen molar-refractivity contribution < 1.29 is 14.4 Å². The van der Waals surface area contributed by atoms with Gasteiger partial charge in [-0.25, -0.2) is 0 Å². The first-order chi connectivity index (χ1) is 15.5. The first-order valence-electron chi connectivity index (χ1n) is 10.5. The maximum absolute atomic E-state index is 12.7. The lowest BCUT2D eigenvalue weighted by atomic mass is 10.1. The summed E-state index contributed by atoms with van der Waals surface area (Å²) >= 11 is 0. The first kappa shape index (κ1) is 21.2. The summed E-state index contributed by atoms with van der Waals surface area (Å²) in [6.45, 7) is 2.37. The number of hydrogen-bond donors (Lipinski definition) is 2. The van der Waals surface area contributed by atoms with E-state index >= 15 is 0 Å². The Hall–Kier alpha value is -4.00. The zero-order valence-electron chi connectivity index (χ0n) is 17.7. The minimum Gasteiger partial charge on any atom is -0.335 e. The molecular formula is C25H24N4O3. The molecule has 3 amide bonds. The summed E-state index contributed by atoms with van der Waals surface area (Å²) in [5.41, 5.74) is 2.73. The molecule has 2 aromatic carbocycles. The van der Waals surface area contributed by atoms with Gasteiger partial charge in [-0.3, -0.25) is 19.4 Å². The molecule has 0 radical (unpaired) electrons. The molecule has 1 saturated heterocycles. The van der Waals surface area contributed by atoms with Crippen LogP contribution in [0.2, 0.25) is 0 Å². The number of likely N-dealkylation sites (tertiary alicyclic amines) is 1. The zero-order chi connectivity index (χ0) is 22.5. The van der Waals surface area contributed by atoms with Crippen molar-refractivity contribution in [3.63, 3.8) is 0 Å². The number of carbonyl (C=O) groups excluding carboxylic acids is 3. The molecule has 7 heteroatoms. The predicted octanol–water partition coefficient (Wildman–Crippen LogP) is 3.88. The van der Waals surface area contributed by atoms with Crippen LogP contribution in [0.15, 0.2) is 79.1 Å². The summed E-state index contributed by atoms with van der Waals surface area (Å²) in [5.74, 6) is -0.867. The predicted molar refractivity (Wildman–Crippen MR) is 122 cm³/mol. The average molecular weight is 428 g/mol. The van der Waals surface area contributed by atoms with Crippen molar-refractivity contribution in [2.45, 2.75) is 19.4 Å². The van der Waals surface area contributed by atoms with Gasteiger partial charge in [-0.05, 0) is 48.9 Å². The van der Waals surface area contributed by atoms with E-state index in [2.05, 4.69) is 15.6 Å². The van der Waals surface area contributed by atoms with Gasteiger partial charge < -0.3 is 15.5 Å². The topological polar surface area (TPSA) is 91.4 Å². The second kappa shape index (κ2) is 9.43. The van der Waals surface area contributed by atoms with Gasteiger partial charge in [0.2, 0.25) is 11.8 Å². The maximum Gasteiger partial charge on any atom is 0.257 e. The number of nitrogens with one attached hydrogen (secondary N) is 2. The van der Waals surface area contributed by atoms with Crippen molar-refractivity contribution >= 4 is 29.1 Å². The van der Waals surface area contributed by atoms with Crippen LogP contribution in [0.4, 0.5) is 11.4 Å². The summed E-state index contributed by atoms with van der Waals surface area (Å²) in [5, 5.41) is 5.67. The van der Waals surface area contributed by atoms with Crippen LogP contribution in [0.1, 0.15) is 35.3 Å². The number of hydrogen-bond acceptors (Lipinski definition) is 4. The van der Waals surface area contributed by atoms with E-state index in [0.717, 1.165) is 5.56 Å². The second-order valence-corrected chi connectivity index (χ2v) is 7.80. The molecule has 32 heavy (non-hydrogen) atoms. The molecule has 2 heterocycles. The standard InChI is InChI=1S/C25H24N4O3/c1-17(18-6-3-2-4-7-18)29-16-20(14-23(29)30)25(32)28-22-11-9-21(10-12-22)27-24(31)19-8-5-13-26-15-19/h2-13,15,17,20H,14,16H2,1H3,(H,27,31)(H,28,32). The van der Waals surface area contributed by atoms with Gasteiger partial charge in [-0.1, -0.05) is 30.3 Å². The SMILES string of the molecule is CC(c1ccccc1)N1CC(C(=O)Nc2ccc(NC(=O)c3cccnc3)cc2)CC1=O. The number of aromatic nitrogens is 1. The van der Waals surface area contributed by atoms with Crippen molar-refractivity contribution in [2.75, 3.05) is 17.2 Å². The van der Waals surface area contributed by atoms with Gasteiger partial charge >= 0.3 is 0 Å². The van der Waals surface area contributed by atoms with E-state index in [1.165, 1.54) is 6.20 Å². The molecule has 162 valence electrons. The van der Waals surface area contributed by atoms with E-state index in [4.69, 9.17) is 0 Å². The van der Waals surface area contributed by atoms with Crippen LogP contribution in [0.25, 0.3) is 0 Å². The van der Waals surface area contributed by atoms with Crippen LogP contribution in [0.5, 0.6) is 0 Å². The minimum atomic E-state index is -0.404. The van der Waals surface area contributed by atoms with Crippen molar-refractivity contribution in [3.8, 4) is 0 Å². The molecular weight excluding hydrogens is 404 g/mol. The molecule has 0 bridgehead atoms. The highest BCUT2D eigenvalue weighted by Crippen LogP contribution is 2.29. The Labute approximate surface area is 186 Å². The van der Waals surface area contributed by atoms with Gasteiger partial charge in [0.1, 0.15) is 0 Å². The van der Waals surface area contributed by atoms with E-state index in [-0.39, 0.29) is 30.2 Å². The van der Waals surface area contributed by atoms with Crippen LogP contribution in [0.3, 0.4) is 0 Å². The molecule has 4 rings (SSSR count). The molecule has 1 fully saturated rings. The highest BCUT2D eigenvalue weighted by Gasteiger charge is 2.37. The fourth-order valence-corrected chi connectivity index (χ4v) is 3.77. The van der Waals surface area contributed by atoms with Gasteiger partial charge in [0.15, 0.2) is 0 Å². The zero-order valence-corrected chi connectivity index (χ0v) is 17.7. The molecule has 7 nitrogen and oxygen atoms in total. The fourth-order valence-electron chi connectivity index (χ4n) is 3.77. The average Bonchev–Trinajstić information content (AvgIpc) is 3.22. The van der Waals surface area contributed by atoms with Crippen molar-refractivity contribution in [2.24, 2.45) is 5.92 Å². The smallest absolute Gasteiger partial charge is 0.257 e. The lowest BCUT2D eigenvalue weighted by Crippen LogP contribution is -2.30. The number of carbonyl (C=O) groups is 3. The highest BCUT2D eigenvalue weighted by atomic mass is 16.2. The second-order valence-electron chi connectivity index (χ2n) is 7.80. The summed E-state index contributed by atoms with van der Waals surface area (Å²) in [7, 11) is 0. The molecule has 2 atom stereocenters. The molecule has 2 N–H and O–H groups in total. The Morgan fingerprint density at radius 2 is 1.66 bits per heavy atom. The number of nitrogens with zero attached hydrogens (tertiary/aromatic N) is 2. The molecule has 1 aliphatic rings. The Balaban J connectivity index is 1.34. The maximum atomic E-state index is 12.7. The van der Waals surface area contributed by atoms with E-state index in [1.54, 1.807) is 47.5 Å². The molecule has 0 aliphatic carbocycles. The van der Waals surface area contributed by atoms with E-state index in [9.17, 15) is 14.4 Å². The van der Waals surface area contributed by atoms with Gasteiger partial charge in [0.25, 0.3) is 5.91 Å². The highest BCUT2D eigenvalue weighted by molar-refractivity contribution is 6.04. The molecule has 1 aromatic heterocycles. The Morgan fingerprint density at radius 3 is 2.31 bits per heavy atom. The van der Waals surface area contributed by atoms with Crippen molar-refractivity contribution in [1.29, 1.82) is 0 Å². The number of rotatable bonds is 6. The van der Waals surface area contributed by atoms with Crippen LogP contribution in [0, 0.1) is 5.92 Å². The summed E-state index contributed by atoms with van der Waals surface area (Å²) in [6.07, 6.45) is 3.30. The van der Waals surface area contributed by atoms with Crippen LogP contribution >= 0.6 is 0 Å². The molecule has 1 aliphatic heterocycles. The van der Waals surface area contributed by atoms with E-state index in [0.29, 0.717) is 23.5 Å². The van der Waals surface area contributed by atoms with Crippen molar-refractivity contribution in [3.05, 3.63) is 90.3 Å². The third kappa shape index (κ3) is 4.83. The third-order valence-corrected chi connectivity index (χ3v) is 5.61. The molecule has 0 spiro atoms. The Kier molecular flexibility index (Phi) is 6.26. The molecule has 2 unspecified atom stereocenters. The fraction of sp³-hybridized carbons (Fsp3) is 0.200. The number of anilines is 2. The Bertz CT molecular complexity index is 1100. The lowest BCUT2D eigenvalue weighted by molar-refractivity contribution is -0.129. The van der Waals surface area contributed by atoms with Gasteiger partial charge in [-0.15, -0.1) is 0 Å². The van der Waals surface area contributed by atoms with Crippen LogP contribution in [-0.2, 0) is 9.59 Å². The van der Waals surface area contributed by atoms with Crippen molar-refractivity contribution in [1.82, 2.24) is 9.88 Å². The quantitative estimate of drug-likeness (QED) is 0.623. The summed E-state index contributed by atoms with van der Waals surface area (Å²) in [4.78, 5) is 43.2. The minimum absolute atomic E-state index is 0.0186. The summed E-state index contributed by atoms with van der Waals surface area (Å²) < 4.78 is 0. The third-order valence-electron chi connectivity index (χ3n) is 5.61. The normalized spacial score (nSPS) is 16.5.